The Morgan fingerprint density at radius 3 is 2.43 bits per heavy atom. The Labute approximate surface area is 216 Å². The van der Waals surface area contributed by atoms with Crippen molar-refractivity contribution >= 4 is 17.9 Å². The molecule has 1 aromatic heterocycles. The normalized spacial score (nSPS) is 17.0. The van der Waals surface area contributed by atoms with Crippen molar-refractivity contribution in [2.45, 2.75) is 32.7 Å². The lowest BCUT2D eigenvalue weighted by Gasteiger charge is -2.38. The molecule has 2 saturated heterocycles. The van der Waals surface area contributed by atoms with Gasteiger partial charge in [0, 0.05) is 43.4 Å². The molecular formula is C28H32N6O3. The van der Waals surface area contributed by atoms with Crippen molar-refractivity contribution in [1.82, 2.24) is 30.0 Å². The number of amides is 2. The van der Waals surface area contributed by atoms with Crippen LogP contribution in [0.5, 0.6) is 5.75 Å². The maximum absolute atomic E-state index is 13.0. The lowest BCUT2D eigenvalue weighted by Crippen LogP contribution is -2.44. The number of rotatable bonds is 7. The monoisotopic (exact) mass is 500 g/mol. The zero-order valence-corrected chi connectivity index (χ0v) is 21.1. The fraction of sp³-hybridized carbons (Fsp3) is 0.393. The quantitative estimate of drug-likeness (QED) is 0.462. The number of likely N-dealkylation sites (tertiary alicyclic amines) is 2. The molecule has 192 valence electrons. The van der Waals surface area contributed by atoms with Crippen LogP contribution in [0.25, 0.3) is 17.5 Å². The van der Waals surface area contributed by atoms with Gasteiger partial charge in [-0.25, -0.2) is 0 Å². The van der Waals surface area contributed by atoms with Crippen molar-refractivity contribution in [1.29, 1.82) is 0 Å². The number of carbonyl (C=O) groups excluding carboxylic acids is 2. The van der Waals surface area contributed by atoms with E-state index in [9.17, 15) is 9.59 Å². The molecule has 9 heteroatoms. The lowest BCUT2D eigenvalue weighted by molar-refractivity contribution is -0.133. The molecule has 0 bridgehead atoms. The topological polar surface area (TPSA) is 93.5 Å². The summed E-state index contributed by atoms with van der Waals surface area (Å²) in [5, 5.41) is 12.5. The van der Waals surface area contributed by atoms with Crippen LogP contribution in [0.15, 0.2) is 60.7 Å². The minimum absolute atomic E-state index is 0.00305. The third-order valence-corrected chi connectivity index (χ3v) is 7.31. The number of hydrogen-bond donors (Lipinski definition) is 0. The third-order valence-electron chi connectivity index (χ3n) is 7.31. The van der Waals surface area contributed by atoms with Crippen molar-refractivity contribution in [3.05, 3.63) is 66.2 Å². The van der Waals surface area contributed by atoms with Crippen molar-refractivity contribution < 1.29 is 14.3 Å². The predicted octanol–water partition coefficient (Wildman–Crippen LogP) is 3.29. The van der Waals surface area contributed by atoms with Crippen LogP contribution in [-0.4, -0.2) is 74.6 Å². The standard InChI is InChI=1S/C28H32N6O3/c1-2-37-24-11-7-6-8-22(24)12-13-25(35)32-17-14-28(15-18-32)16-19-33(21-28)26(36)20-34-30-27(29-31-34)23-9-4-3-5-10-23/h3-13H,2,14-21H2,1H3. The number of piperidine rings is 1. The van der Waals surface area contributed by atoms with E-state index >= 15 is 0 Å². The highest BCUT2D eigenvalue weighted by Crippen LogP contribution is 2.40. The Balaban J connectivity index is 1.12. The van der Waals surface area contributed by atoms with E-state index in [0.29, 0.717) is 32.1 Å². The van der Waals surface area contributed by atoms with Crippen molar-refractivity contribution in [3.8, 4) is 17.1 Å². The first-order valence-corrected chi connectivity index (χ1v) is 12.9. The van der Waals surface area contributed by atoms with Crippen molar-refractivity contribution in [2.24, 2.45) is 5.41 Å². The fourth-order valence-corrected chi connectivity index (χ4v) is 5.16. The number of nitrogens with zero attached hydrogens (tertiary/aromatic N) is 6. The lowest BCUT2D eigenvalue weighted by atomic mass is 9.78. The Kier molecular flexibility index (Phi) is 7.30. The number of carbonyl (C=O) groups is 2. The van der Waals surface area contributed by atoms with Gasteiger partial charge in [0.15, 0.2) is 0 Å². The van der Waals surface area contributed by atoms with Crippen LogP contribution in [0.3, 0.4) is 0 Å². The molecule has 2 aromatic carbocycles. The summed E-state index contributed by atoms with van der Waals surface area (Å²) < 4.78 is 5.65. The number of tetrazole rings is 1. The third kappa shape index (κ3) is 5.71. The van der Waals surface area contributed by atoms with E-state index in [1.807, 2.05) is 77.4 Å². The summed E-state index contributed by atoms with van der Waals surface area (Å²) >= 11 is 0. The zero-order valence-electron chi connectivity index (χ0n) is 21.1. The van der Waals surface area contributed by atoms with Gasteiger partial charge >= 0.3 is 0 Å². The molecule has 0 saturated carbocycles. The number of hydrogen-bond acceptors (Lipinski definition) is 6. The molecular weight excluding hydrogens is 468 g/mol. The maximum Gasteiger partial charge on any atom is 0.246 e. The highest BCUT2D eigenvalue weighted by atomic mass is 16.5. The average molecular weight is 501 g/mol. The molecule has 0 atom stereocenters. The fourth-order valence-electron chi connectivity index (χ4n) is 5.16. The minimum Gasteiger partial charge on any atom is -0.493 e. The molecule has 0 aliphatic carbocycles. The molecule has 2 aliphatic heterocycles. The first kappa shape index (κ1) is 24.7. The first-order chi connectivity index (χ1) is 18.0. The number of ether oxygens (including phenoxy) is 1. The second-order valence-corrected chi connectivity index (χ2v) is 9.70. The minimum atomic E-state index is 0.00305. The van der Waals surface area contributed by atoms with Crippen molar-refractivity contribution in [3.63, 3.8) is 0 Å². The van der Waals surface area contributed by atoms with Crippen LogP contribution in [-0.2, 0) is 16.1 Å². The Hall–Kier alpha value is -4.01. The summed E-state index contributed by atoms with van der Waals surface area (Å²) in [6.45, 7) is 5.44. The Morgan fingerprint density at radius 2 is 1.68 bits per heavy atom. The molecule has 1 spiro atoms. The molecule has 3 aromatic rings. The molecule has 0 N–H and O–H groups in total. The predicted molar refractivity (Wildman–Crippen MR) is 139 cm³/mol. The Bertz CT molecular complexity index is 1260. The van der Waals surface area contributed by atoms with Crippen LogP contribution in [0.1, 0.15) is 31.7 Å². The van der Waals surface area contributed by atoms with Gasteiger partial charge in [0.25, 0.3) is 0 Å². The smallest absolute Gasteiger partial charge is 0.246 e. The van der Waals surface area contributed by atoms with Crippen LogP contribution in [0, 0.1) is 5.41 Å². The van der Waals surface area contributed by atoms with E-state index in [4.69, 9.17) is 4.74 Å². The van der Waals surface area contributed by atoms with E-state index in [1.165, 1.54) is 4.80 Å². The molecule has 37 heavy (non-hydrogen) atoms. The molecule has 3 heterocycles. The molecule has 9 nitrogen and oxygen atoms in total. The van der Waals surface area contributed by atoms with E-state index in [1.54, 1.807) is 6.08 Å². The largest absolute Gasteiger partial charge is 0.493 e. The summed E-state index contributed by atoms with van der Waals surface area (Å²) in [5.41, 5.74) is 1.84. The summed E-state index contributed by atoms with van der Waals surface area (Å²) in [6.07, 6.45) is 6.21. The number of para-hydroxylation sites is 1. The summed E-state index contributed by atoms with van der Waals surface area (Å²) in [6, 6.07) is 17.3. The summed E-state index contributed by atoms with van der Waals surface area (Å²) in [7, 11) is 0. The molecule has 2 amide bonds. The van der Waals surface area contributed by atoms with E-state index in [2.05, 4.69) is 15.4 Å². The molecule has 2 fully saturated rings. The van der Waals surface area contributed by atoms with Crippen LogP contribution >= 0.6 is 0 Å². The zero-order chi connectivity index (χ0) is 25.7. The van der Waals surface area contributed by atoms with Gasteiger partial charge in [0.05, 0.1) is 6.61 Å². The summed E-state index contributed by atoms with van der Waals surface area (Å²) in [4.78, 5) is 31.0. The summed E-state index contributed by atoms with van der Waals surface area (Å²) in [5.74, 6) is 1.31. The van der Waals surface area contributed by atoms with Gasteiger partial charge < -0.3 is 14.5 Å². The first-order valence-electron chi connectivity index (χ1n) is 12.9. The van der Waals surface area contributed by atoms with Gasteiger partial charge in [0.1, 0.15) is 12.3 Å². The van der Waals surface area contributed by atoms with Crippen LogP contribution < -0.4 is 4.74 Å². The molecule has 2 aliphatic rings. The van der Waals surface area contributed by atoms with Crippen molar-refractivity contribution in [2.75, 3.05) is 32.8 Å². The maximum atomic E-state index is 13.0. The van der Waals surface area contributed by atoms with Crippen LogP contribution in [0.4, 0.5) is 0 Å². The van der Waals surface area contributed by atoms with E-state index in [0.717, 1.165) is 42.7 Å². The van der Waals surface area contributed by atoms with Gasteiger partial charge in [0.2, 0.25) is 17.6 Å². The van der Waals surface area contributed by atoms with Gasteiger partial charge in [-0.15, -0.1) is 10.2 Å². The van der Waals surface area contributed by atoms with Gasteiger partial charge in [-0.05, 0) is 49.0 Å². The SMILES string of the molecule is CCOc1ccccc1C=CC(=O)N1CCC2(CC1)CCN(C(=O)Cn1nnc(-c3ccccc3)n1)C2. The van der Waals surface area contributed by atoms with Gasteiger partial charge in [-0.2, -0.15) is 4.80 Å². The number of aromatic nitrogens is 4. The van der Waals surface area contributed by atoms with Crippen LogP contribution in [0.2, 0.25) is 0 Å². The van der Waals surface area contributed by atoms with E-state index < -0.39 is 0 Å². The molecule has 5 rings (SSSR count). The second-order valence-electron chi connectivity index (χ2n) is 9.70. The highest BCUT2D eigenvalue weighted by molar-refractivity contribution is 5.92. The molecule has 0 unspecified atom stereocenters. The number of benzene rings is 2. The van der Waals surface area contributed by atoms with E-state index in [-0.39, 0.29) is 23.8 Å². The highest BCUT2D eigenvalue weighted by Gasteiger charge is 2.42. The van der Waals surface area contributed by atoms with Gasteiger partial charge in [-0.1, -0.05) is 48.5 Å². The van der Waals surface area contributed by atoms with Gasteiger partial charge in [-0.3, -0.25) is 9.59 Å². The second kappa shape index (κ2) is 10.9. The average Bonchev–Trinajstić information content (AvgIpc) is 3.57. The Morgan fingerprint density at radius 1 is 0.973 bits per heavy atom. The molecule has 0 radical (unpaired) electrons.